The van der Waals surface area contributed by atoms with Crippen molar-refractivity contribution in [3.8, 4) is 0 Å². The minimum Gasteiger partial charge on any atom is -0.606 e. The Balaban J connectivity index is 0.000000312. The predicted octanol–water partition coefficient (Wildman–Crippen LogP) is 3.03. The summed E-state index contributed by atoms with van der Waals surface area (Å²) in [6, 6.07) is 19.0. The molecule has 0 bridgehead atoms. The molecule has 0 N–H and O–H groups in total. The van der Waals surface area contributed by atoms with Gasteiger partial charge in [-0.25, -0.2) is 0 Å². The van der Waals surface area contributed by atoms with Crippen LogP contribution in [-0.4, -0.2) is 17.6 Å². The quantitative estimate of drug-likeness (QED) is 0.625. The molecule has 0 unspecified atom stereocenters. The van der Waals surface area contributed by atoms with Gasteiger partial charge in [-0.05, 0) is 24.3 Å². The number of benzene rings is 2. The first kappa shape index (κ1) is 15.3. The summed E-state index contributed by atoms with van der Waals surface area (Å²) < 4.78 is 16.1. The van der Waals surface area contributed by atoms with Gasteiger partial charge in [0, 0.05) is 18.1 Å². The van der Waals surface area contributed by atoms with Crippen molar-refractivity contribution in [2.24, 2.45) is 0 Å². The summed E-state index contributed by atoms with van der Waals surface area (Å²) in [4.78, 5) is 11.3. The molecule has 0 heterocycles. The van der Waals surface area contributed by atoms with E-state index in [1.807, 2.05) is 60.7 Å². The van der Waals surface area contributed by atoms with Crippen LogP contribution in [0.1, 0.15) is 6.92 Å². The summed E-state index contributed by atoms with van der Waals surface area (Å²) in [6.45, 7) is 1.36. The number of carbonyl (C=O) groups excluding carboxylic acids is 1. The number of esters is 1. The van der Waals surface area contributed by atoms with Crippen LogP contribution < -0.4 is 0 Å². The number of ether oxygens (including phenoxy) is 1. The van der Waals surface area contributed by atoms with E-state index in [1.165, 1.54) is 14.0 Å². The maximum atomic E-state index is 12.0. The molecule has 0 fully saturated rings. The molecule has 19 heavy (non-hydrogen) atoms. The van der Waals surface area contributed by atoms with Crippen LogP contribution in [0.3, 0.4) is 0 Å². The lowest BCUT2D eigenvalue weighted by Crippen LogP contribution is -2.00. The zero-order valence-electron chi connectivity index (χ0n) is 10.9. The largest absolute Gasteiger partial charge is 0.606 e. The van der Waals surface area contributed by atoms with Crippen molar-refractivity contribution in [1.29, 1.82) is 0 Å². The highest BCUT2D eigenvalue weighted by atomic mass is 32.2. The third kappa shape index (κ3) is 5.59. The lowest BCUT2D eigenvalue weighted by molar-refractivity contribution is -0.137. The molecule has 0 spiro atoms. The first-order chi connectivity index (χ1) is 9.15. The molecule has 0 aliphatic carbocycles. The average Bonchev–Trinajstić information content (AvgIpc) is 2.49. The second kappa shape index (κ2) is 8.34. The van der Waals surface area contributed by atoms with Crippen molar-refractivity contribution in [2.75, 3.05) is 7.11 Å². The van der Waals surface area contributed by atoms with Crippen LogP contribution in [0.5, 0.6) is 0 Å². The van der Waals surface area contributed by atoms with Gasteiger partial charge >= 0.3 is 5.97 Å². The second-order valence-corrected chi connectivity index (χ2v) is 5.07. The van der Waals surface area contributed by atoms with E-state index in [0.29, 0.717) is 0 Å². The van der Waals surface area contributed by atoms with Crippen LogP contribution in [0.25, 0.3) is 0 Å². The van der Waals surface area contributed by atoms with Gasteiger partial charge in [0.1, 0.15) is 0 Å². The fraction of sp³-hybridized carbons (Fsp3) is 0.133. The molecule has 100 valence electrons. The Labute approximate surface area is 116 Å². The molecule has 0 amide bonds. The average molecular weight is 276 g/mol. The van der Waals surface area contributed by atoms with Gasteiger partial charge in [-0.1, -0.05) is 36.4 Å². The number of hydrogen-bond donors (Lipinski definition) is 0. The third-order valence-electron chi connectivity index (χ3n) is 2.20. The second-order valence-electron chi connectivity index (χ2n) is 3.59. The van der Waals surface area contributed by atoms with Crippen LogP contribution in [0.15, 0.2) is 70.5 Å². The Morgan fingerprint density at radius 1 is 0.947 bits per heavy atom. The molecular formula is C15H16O3S. The molecule has 2 aromatic rings. The van der Waals surface area contributed by atoms with Crippen molar-refractivity contribution in [1.82, 2.24) is 0 Å². The molecule has 0 aliphatic rings. The van der Waals surface area contributed by atoms with Gasteiger partial charge < -0.3 is 9.29 Å². The highest BCUT2D eigenvalue weighted by Crippen LogP contribution is 2.19. The summed E-state index contributed by atoms with van der Waals surface area (Å²) in [5.41, 5.74) is 0. The number of hydrogen-bond acceptors (Lipinski definition) is 3. The topological polar surface area (TPSA) is 49.4 Å². The van der Waals surface area contributed by atoms with Crippen molar-refractivity contribution in [3.63, 3.8) is 0 Å². The van der Waals surface area contributed by atoms with E-state index in [-0.39, 0.29) is 5.97 Å². The molecule has 0 saturated heterocycles. The van der Waals surface area contributed by atoms with Crippen LogP contribution in [-0.2, 0) is 20.7 Å². The van der Waals surface area contributed by atoms with Crippen molar-refractivity contribution in [2.45, 2.75) is 16.7 Å². The molecule has 0 aromatic heterocycles. The molecule has 0 radical (unpaired) electrons. The van der Waals surface area contributed by atoms with E-state index < -0.39 is 11.2 Å². The molecule has 2 aromatic carbocycles. The lowest BCUT2D eigenvalue weighted by atomic mass is 10.4. The summed E-state index contributed by atoms with van der Waals surface area (Å²) >= 11 is -1.05. The van der Waals surface area contributed by atoms with E-state index in [9.17, 15) is 9.35 Å². The molecule has 0 aliphatic heterocycles. The van der Waals surface area contributed by atoms with Gasteiger partial charge in [-0.3, -0.25) is 4.79 Å². The van der Waals surface area contributed by atoms with Gasteiger partial charge in [0.2, 0.25) is 0 Å². The van der Waals surface area contributed by atoms with Crippen molar-refractivity contribution >= 4 is 17.1 Å². The minimum atomic E-state index is -1.05. The smallest absolute Gasteiger partial charge is 0.302 e. The molecule has 3 nitrogen and oxygen atoms in total. The van der Waals surface area contributed by atoms with E-state index in [0.717, 1.165) is 9.79 Å². The van der Waals surface area contributed by atoms with Crippen molar-refractivity contribution in [3.05, 3.63) is 60.7 Å². The standard InChI is InChI=1S/C12H10OS.C3H6O2/c13-14(11-7-3-1-4-8-11)12-9-5-2-6-10-12;1-3(4)5-2/h1-10H;1-2H3. The van der Waals surface area contributed by atoms with Gasteiger partial charge in [0.15, 0.2) is 9.79 Å². The Bertz CT molecular complexity index is 446. The number of methoxy groups -OCH3 is 1. The summed E-state index contributed by atoms with van der Waals surface area (Å²) in [5.74, 6) is -0.245. The Hall–Kier alpha value is -1.78. The van der Waals surface area contributed by atoms with Gasteiger partial charge in [0.05, 0.1) is 7.11 Å². The predicted molar refractivity (Wildman–Crippen MR) is 75.2 cm³/mol. The lowest BCUT2D eigenvalue weighted by Gasteiger charge is -2.08. The molecular weight excluding hydrogens is 260 g/mol. The summed E-state index contributed by atoms with van der Waals surface area (Å²) in [7, 11) is 1.35. The third-order valence-corrected chi connectivity index (χ3v) is 3.60. The maximum absolute atomic E-state index is 12.0. The Morgan fingerprint density at radius 2 is 1.26 bits per heavy atom. The van der Waals surface area contributed by atoms with Gasteiger partial charge in [0.25, 0.3) is 0 Å². The van der Waals surface area contributed by atoms with Crippen LogP contribution in [0.2, 0.25) is 0 Å². The zero-order chi connectivity index (χ0) is 14.1. The SMILES string of the molecule is COC(C)=O.[O-][S+](c1ccccc1)c1ccccc1. The van der Waals surface area contributed by atoms with E-state index in [2.05, 4.69) is 4.74 Å². The van der Waals surface area contributed by atoms with Crippen LogP contribution in [0.4, 0.5) is 0 Å². The Kier molecular flexibility index (Phi) is 6.71. The minimum absolute atomic E-state index is 0.245. The number of rotatable bonds is 2. The number of carbonyl (C=O) groups is 1. The molecule has 2 rings (SSSR count). The highest BCUT2D eigenvalue weighted by Gasteiger charge is 2.12. The molecule has 0 saturated carbocycles. The first-order valence-electron chi connectivity index (χ1n) is 5.71. The zero-order valence-corrected chi connectivity index (χ0v) is 11.7. The van der Waals surface area contributed by atoms with Crippen molar-refractivity contribution < 1.29 is 14.1 Å². The van der Waals surface area contributed by atoms with E-state index in [4.69, 9.17) is 0 Å². The Morgan fingerprint density at radius 3 is 1.53 bits per heavy atom. The normalized spacial score (nSPS) is 9.47. The molecule has 4 heteroatoms. The monoisotopic (exact) mass is 276 g/mol. The fourth-order valence-electron chi connectivity index (χ4n) is 1.22. The van der Waals surface area contributed by atoms with Gasteiger partial charge in [-0.2, -0.15) is 0 Å². The fourth-order valence-corrected chi connectivity index (χ4v) is 2.31. The van der Waals surface area contributed by atoms with E-state index >= 15 is 0 Å². The summed E-state index contributed by atoms with van der Waals surface area (Å²) in [6.07, 6.45) is 0. The van der Waals surface area contributed by atoms with Crippen LogP contribution in [0, 0.1) is 0 Å². The van der Waals surface area contributed by atoms with Gasteiger partial charge in [-0.15, -0.1) is 0 Å². The summed E-state index contributed by atoms with van der Waals surface area (Å²) in [5, 5.41) is 0. The molecule has 0 atom stereocenters. The maximum Gasteiger partial charge on any atom is 0.302 e. The highest BCUT2D eigenvalue weighted by molar-refractivity contribution is 7.91. The first-order valence-corrected chi connectivity index (χ1v) is 6.86. The van der Waals surface area contributed by atoms with E-state index in [1.54, 1.807) is 0 Å². The van der Waals surface area contributed by atoms with Crippen LogP contribution >= 0.6 is 0 Å².